The van der Waals surface area contributed by atoms with Gasteiger partial charge in [0.1, 0.15) is 11.5 Å². The number of nitrogens with zero attached hydrogens (tertiary/aromatic N) is 3. The number of hydrogen-bond donors (Lipinski definition) is 2. The Kier molecular flexibility index (Phi) is 9.13. The minimum Gasteiger partial charge on any atom is -0.497 e. The Bertz CT molecular complexity index is 1130. The molecule has 0 aliphatic rings. The zero-order valence-electron chi connectivity index (χ0n) is 20.6. The molecule has 0 aliphatic carbocycles. The van der Waals surface area contributed by atoms with Gasteiger partial charge >= 0.3 is 0 Å². The second-order valence-corrected chi connectivity index (χ2v) is 9.32. The number of anilines is 2. The van der Waals surface area contributed by atoms with Gasteiger partial charge in [0, 0.05) is 24.8 Å². The van der Waals surface area contributed by atoms with Crippen molar-refractivity contribution in [2.45, 2.75) is 45.5 Å². The highest BCUT2D eigenvalue weighted by atomic mass is 32.2. The lowest BCUT2D eigenvalue weighted by molar-refractivity contribution is -0.114. The van der Waals surface area contributed by atoms with Crippen LogP contribution in [0.2, 0.25) is 0 Å². The van der Waals surface area contributed by atoms with Crippen LogP contribution in [0.25, 0.3) is 0 Å². The van der Waals surface area contributed by atoms with Crippen molar-refractivity contribution in [2.75, 3.05) is 23.5 Å². The van der Waals surface area contributed by atoms with Crippen LogP contribution in [0.3, 0.4) is 0 Å². The molecule has 0 saturated heterocycles. The number of carbonyl (C=O) groups excluding carboxylic acids is 2. The van der Waals surface area contributed by atoms with Gasteiger partial charge in [0.15, 0.2) is 17.1 Å². The third kappa shape index (κ3) is 7.74. The van der Waals surface area contributed by atoms with Crippen molar-refractivity contribution in [2.24, 2.45) is 5.92 Å². The van der Waals surface area contributed by atoms with Crippen molar-refractivity contribution < 1.29 is 19.1 Å². The molecular formula is C25H31N5O4S. The van der Waals surface area contributed by atoms with Crippen LogP contribution in [0.1, 0.15) is 39.6 Å². The van der Waals surface area contributed by atoms with E-state index in [0.29, 0.717) is 40.6 Å². The minimum absolute atomic E-state index is 0.146. The maximum atomic E-state index is 12.5. The summed E-state index contributed by atoms with van der Waals surface area (Å²) in [6.07, 6.45) is -0.333. The number of hydrogen-bond acceptors (Lipinski definition) is 7. The summed E-state index contributed by atoms with van der Waals surface area (Å²) in [5, 5.41) is 14.9. The summed E-state index contributed by atoms with van der Waals surface area (Å²) in [5.74, 6) is 2.39. The van der Waals surface area contributed by atoms with E-state index in [2.05, 4.69) is 34.7 Å². The number of carbonyl (C=O) groups is 2. The van der Waals surface area contributed by atoms with Crippen molar-refractivity contribution in [3.8, 4) is 11.5 Å². The van der Waals surface area contributed by atoms with E-state index < -0.39 is 0 Å². The van der Waals surface area contributed by atoms with Gasteiger partial charge in [0.05, 0.1) is 12.9 Å². The fraction of sp³-hybridized carbons (Fsp3) is 0.360. The molecule has 1 aromatic heterocycles. The third-order valence-electron chi connectivity index (χ3n) is 4.85. The lowest BCUT2D eigenvalue weighted by Crippen LogP contribution is -2.17. The molecule has 1 unspecified atom stereocenters. The number of rotatable bonds is 11. The fourth-order valence-corrected chi connectivity index (χ4v) is 4.08. The SMILES string of the molecule is COc1ccc(OC(C)c2nnc(SCC(=O)Nc3ccc(NC(C)=O)cc3)n2CC(C)C)cc1. The van der Waals surface area contributed by atoms with E-state index in [0.717, 1.165) is 5.75 Å². The first kappa shape index (κ1) is 26.1. The standard InChI is InChI=1S/C25H31N5O4S/c1-16(2)14-30-24(17(3)34-22-12-10-21(33-5)11-13-22)28-29-25(30)35-15-23(32)27-20-8-6-19(7-9-20)26-18(4)31/h6-13,16-17H,14-15H2,1-5H3,(H,26,31)(H,27,32). The molecule has 0 fully saturated rings. The summed E-state index contributed by atoms with van der Waals surface area (Å²) >= 11 is 1.33. The highest BCUT2D eigenvalue weighted by molar-refractivity contribution is 7.99. The van der Waals surface area contributed by atoms with Crippen LogP contribution in [-0.4, -0.2) is 39.4 Å². The second-order valence-electron chi connectivity index (χ2n) is 8.38. The third-order valence-corrected chi connectivity index (χ3v) is 5.82. The normalized spacial score (nSPS) is 11.7. The monoisotopic (exact) mass is 497 g/mol. The molecule has 2 amide bonds. The molecule has 9 nitrogen and oxygen atoms in total. The van der Waals surface area contributed by atoms with Gasteiger partial charge in [0.2, 0.25) is 11.8 Å². The van der Waals surface area contributed by atoms with Crippen molar-refractivity contribution in [1.29, 1.82) is 0 Å². The van der Waals surface area contributed by atoms with Gasteiger partial charge in [0.25, 0.3) is 0 Å². The Hall–Kier alpha value is -3.53. The Morgan fingerprint density at radius 3 is 2.11 bits per heavy atom. The molecule has 0 radical (unpaired) electrons. The Morgan fingerprint density at radius 2 is 1.54 bits per heavy atom. The molecular weight excluding hydrogens is 466 g/mol. The first-order chi connectivity index (χ1) is 16.7. The highest BCUT2D eigenvalue weighted by Gasteiger charge is 2.21. The quantitative estimate of drug-likeness (QED) is 0.367. The van der Waals surface area contributed by atoms with E-state index in [-0.39, 0.29) is 23.7 Å². The number of methoxy groups -OCH3 is 1. The number of thioether (sulfide) groups is 1. The zero-order valence-corrected chi connectivity index (χ0v) is 21.4. The molecule has 0 aliphatic heterocycles. The molecule has 0 bridgehead atoms. The average Bonchev–Trinajstić information content (AvgIpc) is 3.21. The van der Waals surface area contributed by atoms with Crippen LogP contribution in [-0.2, 0) is 16.1 Å². The lowest BCUT2D eigenvalue weighted by atomic mass is 10.2. The first-order valence-electron chi connectivity index (χ1n) is 11.3. The molecule has 1 atom stereocenters. The smallest absolute Gasteiger partial charge is 0.234 e. The molecule has 35 heavy (non-hydrogen) atoms. The van der Waals surface area contributed by atoms with Gasteiger partial charge in [-0.15, -0.1) is 10.2 Å². The molecule has 3 rings (SSSR count). The lowest BCUT2D eigenvalue weighted by Gasteiger charge is -2.18. The minimum atomic E-state index is -0.333. The van der Waals surface area contributed by atoms with E-state index in [9.17, 15) is 9.59 Å². The fourth-order valence-electron chi connectivity index (χ4n) is 3.32. The van der Waals surface area contributed by atoms with Gasteiger partial charge in [-0.2, -0.15) is 0 Å². The number of nitrogens with one attached hydrogen (secondary N) is 2. The van der Waals surface area contributed by atoms with Gasteiger partial charge in [-0.05, 0) is 61.4 Å². The van der Waals surface area contributed by atoms with E-state index in [1.807, 2.05) is 35.8 Å². The molecule has 3 aromatic rings. The Balaban J connectivity index is 1.64. The van der Waals surface area contributed by atoms with E-state index in [1.54, 1.807) is 31.4 Å². The largest absolute Gasteiger partial charge is 0.497 e. The van der Waals surface area contributed by atoms with Gasteiger partial charge in [-0.25, -0.2) is 0 Å². The molecule has 186 valence electrons. The average molecular weight is 498 g/mol. The summed E-state index contributed by atoms with van der Waals surface area (Å²) in [5.41, 5.74) is 1.32. The van der Waals surface area contributed by atoms with Crippen molar-refractivity contribution in [1.82, 2.24) is 14.8 Å². The molecule has 10 heteroatoms. The number of benzene rings is 2. The first-order valence-corrected chi connectivity index (χ1v) is 12.3. The molecule has 0 saturated carbocycles. The van der Waals surface area contributed by atoms with Crippen LogP contribution in [0, 0.1) is 5.92 Å². The molecule has 0 spiro atoms. The number of aromatic nitrogens is 3. The van der Waals surface area contributed by atoms with Crippen LogP contribution in [0.4, 0.5) is 11.4 Å². The van der Waals surface area contributed by atoms with Crippen LogP contribution < -0.4 is 20.1 Å². The van der Waals surface area contributed by atoms with Crippen molar-refractivity contribution >= 4 is 35.0 Å². The topological polar surface area (TPSA) is 107 Å². The molecule has 1 heterocycles. The number of ether oxygens (including phenoxy) is 2. The van der Waals surface area contributed by atoms with Crippen molar-refractivity contribution in [3.05, 3.63) is 54.4 Å². The van der Waals surface area contributed by atoms with E-state index in [4.69, 9.17) is 9.47 Å². The van der Waals surface area contributed by atoms with Crippen molar-refractivity contribution in [3.63, 3.8) is 0 Å². The zero-order chi connectivity index (χ0) is 25.4. The predicted octanol–water partition coefficient (Wildman–Crippen LogP) is 4.77. The van der Waals surface area contributed by atoms with E-state index in [1.165, 1.54) is 18.7 Å². The summed E-state index contributed by atoms with van der Waals surface area (Å²) in [7, 11) is 1.62. The predicted molar refractivity (Wildman–Crippen MR) is 137 cm³/mol. The maximum absolute atomic E-state index is 12.5. The summed E-state index contributed by atoms with van der Waals surface area (Å²) < 4.78 is 13.3. The van der Waals surface area contributed by atoms with Crippen LogP contribution in [0.5, 0.6) is 11.5 Å². The molecule has 2 aromatic carbocycles. The van der Waals surface area contributed by atoms with Gasteiger partial charge in [-0.3, -0.25) is 9.59 Å². The summed E-state index contributed by atoms with van der Waals surface area (Å²) in [6.45, 7) is 8.31. The molecule has 2 N–H and O–H groups in total. The number of amides is 2. The van der Waals surface area contributed by atoms with E-state index >= 15 is 0 Å². The van der Waals surface area contributed by atoms with Gasteiger partial charge in [-0.1, -0.05) is 25.6 Å². The van der Waals surface area contributed by atoms with Gasteiger partial charge < -0.3 is 24.7 Å². The van der Waals surface area contributed by atoms with Crippen LogP contribution in [0.15, 0.2) is 53.7 Å². The maximum Gasteiger partial charge on any atom is 0.234 e. The van der Waals surface area contributed by atoms with Crippen LogP contribution >= 0.6 is 11.8 Å². The summed E-state index contributed by atoms with van der Waals surface area (Å²) in [4.78, 5) is 23.7. The second kappa shape index (κ2) is 12.3. The highest BCUT2D eigenvalue weighted by Crippen LogP contribution is 2.27. The Labute approximate surface area is 209 Å². The Morgan fingerprint density at radius 1 is 0.943 bits per heavy atom. The summed E-state index contributed by atoms with van der Waals surface area (Å²) in [6, 6.07) is 14.3.